The van der Waals surface area contributed by atoms with Gasteiger partial charge in [-0.25, -0.2) is 12.8 Å². The molecule has 0 aliphatic rings. The van der Waals surface area contributed by atoms with Gasteiger partial charge in [-0.1, -0.05) is 30.7 Å². The Morgan fingerprint density at radius 3 is 2.22 bits per heavy atom. The molecule has 11 heteroatoms. The van der Waals surface area contributed by atoms with Gasteiger partial charge in [-0.2, -0.15) is 0 Å². The summed E-state index contributed by atoms with van der Waals surface area (Å²) in [5, 5.41) is 2.62. The molecule has 2 rings (SSSR count). The van der Waals surface area contributed by atoms with Crippen LogP contribution in [0.4, 0.5) is 10.1 Å². The molecule has 36 heavy (non-hydrogen) atoms. The van der Waals surface area contributed by atoms with Crippen LogP contribution in [-0.2, 0) is 26.2 Å². The number of hydrogen-bond donors (Lipinski definition) is 1. The molecular formula is C25H33ClFN3O5S. The van der Waals surface area contributed by atoms with Crippen molar-refractivity contribution in [3.05, 3.63) is 58.9 Å². The summed E-state index contributed by atoms with van der Waals surface area (Å²) in [5.74, 6) is -1.05. The van der Waals surface area contributed by atoms with Crippen LogP contribution >= 0.6 is 11.6 Å². The van der Waals surface area contributed by atoms with Crippen molar-refractivity contribution < 1.29 is 27.1 Å². The van der Waals surface area contributed by atoms with E-state index in [0.717, 1.165) is 28.3 Å². The van der Waals surface area contributed by atoms with Crippen LogP contribution in [0.5, 0.6) is 5.75 Å². The van der Waals surface area contributed by atoms with E-state index in [1.807, 2.05) is 20.8 Å². The summed E-state index contributed by atoms with van der Waals surface area (Å²) < 4.78 is 44.9. The number of nitrogens with zero attached hydrogens (tertiary/aromatic N) is 2. The van der Waals surface area contributed by atoms with Crippen molar-refractivity contribution in [2.45, 2.75) is 52.2 Å². The van der Waals surface area contributed by atoms with Crippen LogP contribution in [0.3, 0.4) is 0 Å². The number of amides is 2. The van der Waals surface area contributed by atoms with Gasteiger partial charge in [0.15, 0.2) is 0 Å². The van der Waals surface area contributed by atoms with E-state index in [0.29, 0.717) is 12.2 Å². The zero-order valence-electron chi connectivity index (χ0n) is 21.3. The average molecular weight is 542 g/mol. The van der Waals surface area contributed by atoms with Crippen LogP contribution in [0.15, 0.2) is 42.5 Å². The Balaban J connectivity index is 2.47. The number of nitrogens with one attached hydrogen (secondary N) is 1. The second-order valence-electron chi connectivity index (χ2n) is 9.40. The van der Waals surface area contributed by atoms with Crippen LogP contribution in [-0.4, -0.2) is 56.6 Å². The molecule has 8 nitrogen and oxygen atoms in total. The number of ether oxygens (including phenoxy) is 1. The normalized spacial score (nSPS) is 12.6. The number of rotatable bonds is 10. The minimum atomic E-state index is -3.95. The average Bonchev–Trinajstić information content (AvgIpc) is 2.77. The summed E-state index contributed by atoms with van der Waals surface area (Å²) >= 11 is 5.86. The maximum absolute atomic E-state index is 13.7. The van der Waals surface area contributed by atoms with Crippen molar-refractivity contribution in [1.82, 2.24) is 10.2 Å². The Labute approximate surface area is 217 Å². The summed E-state index contributed by atoms with van der Waals surface area (Å²) in [7, 11) is -2.41. The minimum absolute atomic E-state index is 0.0360. The first-order valence-electron chi connectivity index (χ1n) is 11.3. The van der Waals surface area contributed by atoms with Gasteiger partial charge < -0.3 is 15.0 Å². The zero-order chi connectivity index (χ0) is 27.3. The third kappa shape index (κ3) is 8.09. The molecule has 0 aliphatic heterocycles. The smallest absolute Gasteiger partial charge is 0.244 e. The summed E-state index contributed by atoms with van der Waals surface area (Å²) in [6.07, 6.45) is 1.24. The Bertz CT molecular complexity index is 1180. The van der Waals surface area contributed by atoms with Gasteiger partial charge in [-0.15, -0.1) is 0 Å². The fourth-order valence-corrected chi connectivity index (χ4v) is 4.57. The van der Waals surface area contributed by atoms with Crippen LogP contribution in [0.1, 0.15) is 39.7 Å². The molecular weight excluding hydrogens is 509 g/mol. The molecule has 0 saturated carbocycles. The maximum atomic E-state index is 13.7. The lowest BCUT2D eigenvalue weighted by Gasteiger charge is -2.34. The molecule has 2 aromatic rings. The number of carbonyl (C=O) groups excluding carboxylic acids is 2. The molecule has 0 aromatic heterocycles. The fourth-order valence-electron chi connectivity index (χ4n) is 3.55. The van der Waals surface area contributed by atoms with E-state index in [4.69, 9.17) is 16.3 Å². The van der Waals surface area contributed by atoms with Crippen LogP contribution in [0.2, 0.25) is 5.02 Å². The van der Waals surface area contributed by atoms with Crippen molar-refractivity contribution in [1.29, 1.82) is 0 Å². The van der Waals surface area contributed by atoms with Gasteiger partial charge >= 0.3 is 0 Å². The first-order valence-corrected chi connectivity index (χ1v) is 13.6. The molecule has 0 bridgehead atoms. The number of benzene rings is 2. The van der Waals surface area contributed by atoms with E-state index in [9.17, 15) is 22.4 Å². The van der Waals surface area contributed by atoms with E-state index < -0.39 is 39.9 Å². The van der Waals surface area contributed by atoms with Gasteiger partial charge in [0.05, 0.1) is 24.1 Å². The highest BCUT2D eigenvalue weighted by Crippen LogP contribution is 2.25. The SMILES string of the molecule is CC[C@H](C(=O)NC(C)(C)C)N(Cc1ccc(OC)cc1)C(=O)CN(c1ccc(F)c(Cl)c1)S(C)(=O)=O. The standard InChI is InChI=1S/C25H33ClFN3O5S/c1-7-22(24(32)28-25(2,3)4)29(15-17-8-11-19(35-5)12-9-17)23(31)16-30(36(6,33)34)18-10-13-21(27)20(26)14-18/h8-14,22H,7,15-16H2,1-6H3,(H,28,32)/t22-/m1/s1. The molecule has 1 atom stereocenters. The molecule has 198 valence electrons. The lowest BCUT2D eigenvalue weighted by Crippen LogP contribution is -2.55. The van der Waals surface area contributed by atoms with Crippen molar-refractivity contribution in [2.75, 3.05) is 24.2 Å². The third-order valence-corrected chi connectivity index (χ3v) is 6.70. The summed E-state index contributed by atoms with van der Waals surface area (Å²) in [6, 6.07) is 9.53. The van der Waals surface area contributed by atoms with E-state index in [1.54, 1.807) is 31.2 Å². The van der Waals surface area contributed by atoms with Gasteiger partial charge in [0, 0.05) is 12.1 Å². The van der Waals surface area contributed by atoms with E-state index >= 15 is 0 Å². The Morgan fingerprint density at radius 1 is 1.14 bits per heavy atom. The molecule has 0 unspecified atom stereocenters. The molecule has 0 spiro atoms. The lowest BCUT2D eigenvalue weighted by atomic mass is 10.1. The number of halogens is 2. The predicted octanol–water partition coefficient (Wildman–Crippen LogP) is 3.98. The first kappa shape index (κ1) is 29.4. The number of methoxy groups -OCH3 is 1. The minimum Gasteiger partial charge on any atom is -0.497 e. The van der Waals surface area contributed by atoms with Gasteiger partial charge in [0.2, 0.25) is 21.8 Å². The highest BCUT2D eigenvalue weighted by atomic mass is 35.5. The summed E-state index contributed by atoms with van der Waals surface area (Å²) in [6.45, 7) is 6.72. The largest absolute Gasteiger partial charge is 0.497 e. The van der Waals surface area contributed by atoms with Crippen molar-refractivity contribution >= 4 is 39.1 Å². The second-order valence-corrected chi connectivity index (χ2v) is 11.7. The van der Waals surface area contributed by atoms with E-state index in [-0.39, 0.29) is 23.2 Å². The molecule has 0 radical (unpaired) electrons. The Hall–Kier alpha value is -2.85. The van der Waals surface area contributed by atoms with Gasteiger partial charge in [0.25, 0.3) is 0 Å². The molecule has 0 heterocycles. The Kier molecular flexibility index (Phi) is 9.73. The quantitative estimate of drug-likeness (QED) is 0.491. The Morgan fingerprint density at radius 2 is 1.75 bits per heavy atom. The molecule has 2 amide bonds. The lowest BCUT2D eigenvalue weighted by molar-refractivity contribution is -0.141. The molecule has 1 N–H and O–H groups in total. The van der Waals surface area contributed by atoms with Crippen molar-refractivity contribution in [3.63, 3.8) is 0 Å². The summed E-state index contributed by atoms with van der Waals surface area (Å²) in [4.78, 5) is 28.1. The van der Waals surface area contributed by atoms with Crippen LogP contribution in [0, 0.1) is 5.82 Å². The van der Waals surface area contributed by atoms with Gasteiger partial charge in [0.1, 0.15) is 24.2 Å². The van der Waals surface area contributed by atoms with Crippen LogP contribution in [0.25, 0.3) is 0 Å². The number of carbonyl (C=O) groups is 2. The summed E-state index contributed by atoms with van der Waals surface area (Å²) in [5.41, 5.74) is 0.221. The molecule has 0 saturated heterocycles. The number of sulfonamides is 1. The van der Waals surface area contributed by atoms with E-state index in [2.05, 4.69) is 5.32 Å². The van der Waals surface area contributed by atoms with Crippen molar-refractivity contribution in [3.8, 4) is 5.75 Å². The van der Waals surface area contributed by atoms with Crippen molar-refractivity contribution in [2.24, 2.45) is 0 Å². The van der Waals surface area contributed by atoms with Crippen LogP contribution < -0.4 is 14.4 Å². The highest BCUT2D eigenvalue weighted by molar-refractivity contribution is 7.92. The number of anilines is 1. The number of hydrogen-bond acceptors (Lipinski definition) is 5. The predicted molar refractivity (Wildman–Crippen MR) is 139 cm³/mol. The molecule has 0 fully saturated rings. The van der Waals surface area contributed by atoms with Gasteiger partial charge in [-0.05, 0) is 63.1 Å². The molecule has 2 aromatic carbocycles. The highest BCUT2D eigenvalue weighted by Gasteiger charge is 2.33. The zero-order valence-corrected chi connectivity index (χ0v) is 22.9. The fraction of sp³-hybridized carbons (Fsp3) is 0.440. The van der Waals surface area contributed by atoms with Gasteiger partial charge in [-0.3, -0.25) is 13.9 Å². The molecule has 0 aliphatic carbocycles. The maximum Gasteiger partial charge on any atom is 0.244 e. The monoisotopic (exact) mass is 541 g/mol. The second kappa shape index (κ2) is 11.9. The first-order chi connectivity index (χ1) is 16.7. The topological polar surface area (TPSA) is 96.0 Å². The third-order valence-electron chi connectivity index (χ3n) is 5.27. The van der Waals surface area contributed by atoms with E-state index in [1.165, 1.54) is 18.1 Å².